The summed E-state index contributed by atoms with van der Waals surface area (Å²) in [6.07, 6.45) is 2.65. The molecule has 4 N–H and O–H groups in total. The van der Waals surface area contributed by atoms with Gasteiger partial charge in [0.25, 0.3) is 0 Å². The second-order valence-corrected chi connectivity index (χ2v) is 7.65. The Hall–Kier alpha value is -3.33. The maximum absolute atomic E-state index is 11.5. The average Bonchev–Trinajstić information content (AvgIpc) is 3.22. The van der Waals surface area contributed by atoms with Crippen molar-refractivity contribution < 1.29 is 14.3 Å². The fourth-order valence-corrected chi connectivity index (χ4v) is 3.86. The molecular formula is C22H28N6O3. The number of amides is 1. The Kier molecular flexibility index (Phi) is 6.22. The van der Waals surface area contributed by atoms with Crippen molar-refractivity contribution in [2.75, 3.05) is 25.0 Å². The van der Waals surface area contributed by atoms with Crippen LogP contribution in [0.15, 0.2) is 36.5 Å². The van der Waals surface area contributed by atoms with Crippen LogP contribution in [-0.4, -0.2) is 46.3 Å². The molecule has 9 heteroatoms. The third-order valence-electron chi connectivity index (χ3n) is 5.44. The molecule has 1 amide bonds. The molecule has 1 aliphatic rings. The Morgan fingerprint density at radius 1 is 1.32 bits per heavy atom. The van der Waals surface area contributed by atoms with Crippen LogP contribution in [0.25, 0.3) is 5.65 Å². The highest BCUT2D eigenvalue weighted by Gasteiger charge is 2.29. The monoisotopic (exact) mass is 424 g/mol. The molecular weight excluding hydrogens is 396 g/mol. The quantitative estimate of drug-likeness (QED) is 0.508. The second kappa shape index (κ2) is 9.22. The summed E-state index contributed by atoms with van der Waals surface area (Å²) in [6.45, 7) is 6.01. The zero-order valence-corrected chi connectivity index (χ0v) is 17.8. The van der Waals surface area contributed by atoms with Gasteiger partial charge in [-0.05, 0) is 51.1 Å². The highest BCUT2D eigenvalue weighted by atomic mass is 16.5. The molecule has 1 saturated heterocycles. The van der Waals surface area contributed by atoms with Gasteiger partial charge in [0.15, 0.2) is 5.65 Å². The number of carbonyl (C=O) groups is 1. The molecule has 0 spiro atoms. The Labute approximate surface area is 180 Å². The van der Waals surface area contributed by atoms with E-state index in [9.17, 15) is 4.79 Å². The second-order valence-electron chi connectivity index (χ2n) is 7.65. The Balaban J connectivity index is 1.63. The molecule has 2 aromatic heterocycles. The topological polar surface area (TPSA) is 116 Å². The average molecular weight is 425 g/mol. The van der Waals surface area contributed by atoms with Gasteiger partial charge in [0.2, 0.25) is 11.8 Å². The van der Waals surface area contributed by atoms with Gasteiger partial charge >= 0.3 is 0 Å². The molecule has 3 aromatic rings. The van der Waals surface area contributed by atoms with Crippen molar-refractivity contribution in [1.82, 2.24) is 19.9 Å². The van der Waals surface area contributed by atoms with E-state index in [-0.39, 0.29) is 17.9 Å². The number of nitrogens with zero attached hydrogens (tertiary/aromatic N) is 3. The van der Waals surface area contributed by atoms with Gasteiger partial charge < -0.3 is 25.8 Å². The smallest absolute Gasteiger partial charge is 0.222 e. The zero-order chi connectivity index (χ0) is 21.8. The molecule has 4 rings (SSSR count). The molecule has 3 heterocycles. The van der Waals surface area contributed by atoms with Crippen molar-refractivity contribution in [3.8, 4) is 11.6 Å². The lowest BCUT2D eigenvalue weighted by Gasteiger charge is -2.32. The third kappa shape index (κ3) is 4.72. The van der Waals surface area contributed by atoms with E-state index >= 15 is 0 Å². The summed E-state index contributed by atoms with van der Waals surface area (Å²) in [6, 6.07) is 9.57. The number of hydrogen-bond acceptors (Lipinski definition) is 7. The molecule has 9 nitrogen and oxygen atoms in total. The number of carbonyl (C=O) groups excluding carboxylic acids is 1. The lowest BCUT2D eigenvalue weighted by atomic mass is 9.91. The van der Waals surface area contributed by atoms with Crippen molar-refractivity contribution in [2.45, 2.75) is 32.8 Å². The summed E-state index contributed by atoms with van der Waals surface area (Å²) in [5, 5.41) is 11.2. The molecule has 0 saturated carbocycles. The highest BCUT2D eigenvalue weighted by Crippen LogP contribution is 2.31. The van der Waals surface area contributed by atoms with Gasteiger partial charge in [0.05, 0.1) is 18.4 Å². The van der Waals surface area contributed by atoms with Crippen LogP contribution in [0.5, 0.6) is 11.6 Å². The molecule has 0 bridgehead atoms. The predicted molar refractivity (Wildman–Crippen MR) is 118 cm³/mol. The Bertz CT molecular complexity index is 1050. The van der Waals surface area contributed by atoms with E-state index in [2.05, 4.69) is 20.7 Å². The number of fused-ring (bicyclic) bond motifs is 1. The third-order valence-corrected chi connectivity index (χ3v) is 5.44. The maximum atomic E-state index is 11.5. The van der Waals surface area contributed by atoms with Crippen LogP contribution < -0.4 is 25.8 Å². The number of nitrogens with one attached hydrogen (secondary N) is 2. The van der Waals surface area contributed by atoms with Crippen LogP contribution in [0, 0.1) is 12.8 Å². The van der Waals surface area contributed by atoms with Gasteiger partial charge in [-0.25, -0.2) is 0 Å². The van der Waals surface area contributed by atoms with Gasteiger partial charge in [-0.15, -0.1) is 0 Å². The number of primary amides is 1. The van der Waals surface area contributed by atoms with E-state index in [0.29, 0.717) is 31.1 Å². The minimum atomic E-state index is -0.311. The molecule has 0 aliphatic carbocycles. The number of nitrogens with two attached hydrogens (primary N) is 1. The summed E-state index contributed by atoms with van der Waals surface area (Å²) in [5.74, 6) is 1.85. The number of piperidine rings is 1. The van der Waals surface area contributed by atoms with Crippen molar-refractivity contribution in [2.24, 2.45) is 11.7 Å². The summed E-state index contributed by atoms with van der Waals surface area (Å²) >= 11 is 0. The minimum absolute atomic E-state index is 0.0589. The number of benzene rings is 1. The van der Waals surface area contributed by atoms with Crippen LogP contribution in [-0.2, 0) is 4.79 Å². The predicted octanol–water partition coefficient (Wildman–Crippen LogP) is 2.41. The van der Waals surface area contributed by atoms with Gasteiger partial charge in [-0.3, -0.25) is 4.79 Å². The first kappa shape index (κ1) is 20.9. The van der Waals surface area contributed by atoms with Gasteiger partial charge in [0.1, 0.15) is 17.7 Å². The van der Waals surface area contributed by atoms with Crippen molar-refractivity contribution >= 4 is 23.1 Å². The van der Waals surface area contributed by atoms with Crippen molar-refractivity contribution in [3.05, 3.63) is 42.1 Å². The molecule has 31 heavy (non-hydrogen) atoms. The molecule has 1 aliphatic heterocycles. The summed E-state index contributed by atoms with van der Waals surface area (Å²) in [5.41, 5.74) is 7.84. The number of anilines is 2. The van der Waals surface area contributed by atoms with E-state index in [1.807, 2.05) is 44.2 Å². The summed E-state index contributed by atoms with van der Waals surface area (Å²) in [4.78, 5) is 16.2. The lowest BCUT2D eigenvalue weighted by Crippen LogP contribution is -2.45. The number of aromatic nitrogens is 3. The largest absolute Gasteiger partial charge is 0.494 e. The van der Waals surface area contributed by atoms with Gasteiger partial charge in [0, 0.05) is 30.6 Å². The van der Waals surface area contributed by atoms with Gasteiger partial charge in [-0.2, -0.15) is 14.6 Å². The molecule has 1 aromatic carbocycles. The first-order valence-electron chi connectivity index (χ1n) is 10.5. The van der Waals surface area contributed by atoms with Crippen molar-refractivity contribution in [3.63, 3.8) is 0 Å². The molecule has 1 fully saturated rings. The first-order chi connectivity index (χ1) is 15.0. The normalized spacial score (nSPS) is 18.6. The highest BCUT2D eigenvalue weighted by molar-refractivity contribution is 5.74. The molecule has 164 valence electrons. The number of rotatable bonds is 8. The number of hydrogen-bond donors (Lipinski definition) is 3. The zero-order valence-electron chi connectivity index (χ0n) is 17.8. The molecule has 2 unspecified atom stereocenters. The standard InChI is InChI=1S/C22H28N6O3/c1-3-30-17-6-4-16(5-7-17)26-21-14(2)22(27-20-9-11-25-28(20)21)31-18-13-24-10-8-15(18)12-19(23)29/h4-7,9,11,15,18,24,26H,3,8,10,12-13H2,1-2H3,(H2,23,29). The SMILES string of the molecule is CCOc1ccc(Nc2c(C)c(OC3CNCCC3CC(N)=O)nc3ccnn23)cc1. The maximum Gasteiger partial charge on any atom is 0.222 e. The Morgan fingerprint density at radius 3 is 2.87 bits per heavy atom. The van der Waals surface area contributed by atoms with Crippen LogP contribution in [0.2, 0.25) is 0 Å². The fraction of sp³-hybridized carbons (Fsp3) is 0.409. The van der Waals surface area contributed by atoms with Crippen LogP contribution in [0.3, 0.4) is 0 Å². The first-order valence-corrected chi connectivity index (χ1v) is 10.5. The molecule has 2 atom stereocenters. The Morgan fingerprint density at radius 2 is 2.13 bits per heavy atom. The van der Waals surface area contributed by atoms with Gasteiger partial charge in [-0.1, -0.05) is 0 Å². The van der Waals surface area contributed by atoms with E-state index in [4.69, 9.17) is 15.2 Å². The minimum Gasteiger partial charge on any atom is -0.494 e. The summed E-state index contributed by atoms with van der Waals surface area (Å²) < 4.78 is 13.6. The van der Waals surface area contributed by atoms with Crippen molar-refractivity contribution in [1.29, 1.82) is 0 Å². The van der Waals surface area contributed by atoms with E-state index in [1.165, 1.54) is 0 Å². The van der Waals surface area contributed by atoms with E-state index < -0.39 is 0 Å². The fourth-order valence-electron chi connectivity index (χ4n) is 3.86. The van der Waals surface area contributed by atoms with Crippen LogP contribution in [0.1, 0.15) is 25.3 Å². The van der Waals surface area contributed by atoms with Crippen LogP contribution >= 0.6 is 0 Å². The number of ether oxygens (including phenoxy) is 2. The van der Waals surface area contributed by atoms with E-state index in [1.54, 1.807) is 10.7 Å². The van der Waals surface area contributed by atoms with Crippen LogP contribution in [0.4, 0.5) is 11.5 Å². The molecule has 0 radical (unpaired) electrons. The summed E-state index contributed by atoms with van der Waals surface area (Å²) in [7, 11) is 0. The lowest BCUT2D eigenvalue weighted by molar-refractivity contribution is -0.119. The van der Waals surface area contributed by atoms with E-state index in [0.717, 1.165) is 35.8 Å².